The molecule has 3 heterocycles. The molecule has 0 spiro atoms. The number of hydrogen-bond acceptors (Lipinski definition) is 6. The summed E-state index contributed by atoms with van der Waals surface area (Å²) < 4.78 is 0.846. The first-order chi connectivity index (χ1) is 12.5. The van der Waals surface area contributed by atoms with Crippen LogP contribution in [0, 0.1) is 5.92 Å². The minimum Gasteiger partial charge on any atom is -0.396 e. The van der Waals surface area contributed by atoms with Crippen molar-refractivity contribution < 1.29 is 9.90 Å². The molecule has 0 aliphatic carbocycles. The van der Waals surface area contributed by atoms with Crippen LogP contribution in [0.1, 0.15) is 23.2 Å². The van der Waals surface area contributed by atoms with Gasteiger partial charge in [0.25, 0.3) is 11.5 Å². The quantitative estimate of drug-likeness (QED) is 0.703. The van der Waals surface area contributed by atoms with Crippen molar-refractivity contribution in [2.75, 3.05) is 29.9 Å². The number of carbonyl (C=O) groups is 1. The van der Waals surface area contributed by atoms with Crippen LogP contribution in [-0.4, -0.2) is 45.2 Å². The van der Waals surface area contributed by atoms with Crippen molar-refractivity contribution in [3.63, 3.8) is 0 Å². The number of H-pyrrole nitrogens is 1. The minimum atomic E-state index is -0.666. The number of piperidine rings is 1. The van der Waals surface area contributed by atoms with Gasteiger partial charge in [0, 0.05) is 39.1 Å². The Balaban J connectivity index is 1.83. The van der Waals surface area contributed by atoms with E-state index >= 15 is 0 Å². The summed E-state index contributed by atoms with van der Waals surface area (Å²) in [4.78, 5) is 44.8. The molecule has 1 saturated heterocycles. The molecule has 0 atom stereocenters. The van der Waals surface area contributed by atoms with E-state index in [0.717, 1.165) is 36.7 Å². The van der Waals surface area contributed by atoms with Crippen LogP contribution in [0.2, 0.25) is 0 Å². The van der Waals surface area contributed by atoms with Crippen LogP contribution in [0.3, 0.4) is 0 Å². The Hall–Kier alpha value is -2.94. The van der Waals surface area contributed by atoms with E-state index in [2.05, 4.69) is 15.3 Å². The Labute approximate surface area is 149 Å². The molecule has 1 amide bonds. The SMILES string of the molecule is Cn1c(=O)[nH]cc(C(=O)Nc2cccnc2N2CCC(CO)CC2)c1=O. The number of hydrogen-bond donors (Lipinski definition) is 3. The van der Waals surface area contributed by atoms with Gasteiger partial charge in [0.05, 0.1) is 5.69 Å². The Morgan fingerprint density at radius 1 is 1.38 bits per heavy atom. The van der Waals surface area contributed by atoms with E-state index in [1.54, 1.807) is 18.3 Å². The predicted molar refractivity (Wildman–Crippen MR) is 96.5 cm³/mol. The van der Waals surface area contributed by atoms with Crippen LogP contribution in [0.25, 0.3) is 0 Å². The maximum absolute atomic E-state index is 12.5. The van der Waals surface area contributed by atoms with Gasteiger partial charge in [-0.1, -0.05) is 0 Å². The van der Waals surface area contributed by atoms with Gasteiger partial charge in [0.15, 0.2) is 5.82 Å². The summed E-state index contributed by atoms with van der Waals surface area (Å²) in [7, 11) is 1.30. The first-order valence-corrected chi connectivity index (χ1v) is 8.42. The molecular formula is C17H21N5O4. The number of aromatic nitrogens is 3. The normalized spacial score (nSPS) is 15.1. The molecule has 0 bridgehead atoms. The highest BCUT2D eigenvalue weighted by atomic mass is 16.3. The minimum absolute atomic E-state index is 0.152. The fraction of sp³-hybridized carbons (Fsp3) is 0.412. The van der Waals surface area contributed by atoms with Gasteiger partial charge in [0.2, 0.25) is 0 Å². The average molecular weight is 359 g/mol. The monoisotopic (exact) mass is 359 g/mol. The summed E-state index contributed by atoms with van der Waals surface area (Å²) in [6.45, 7) is 1.63. The molecule has 1 aliphatic heterocycles. The first kappa shape index (κ1) is 17.9. The molecule has 1 fully saturated rings. The van der Waals surface area contributed by atoms with Gasteiger partial charge in [-0.25, -0.2) is 9.78 Å². The van der Waals surface area contributed by atoms with Crippen LogP contribution in [0.15, 0.2) is 34.1 Å². The van der Waals surface area contributed by atoms with Crippen LogP contribution >= 0.6 is 0 Å². The van der Waals surface area contributed by atoms with Crippen LogP contribution < -0.4 is 21.5 Å². The lowest BCUT2D eigenvalue weighted by Gasteiger charge is -2.33. The highest BCUT2D eigenvalue weighted by molar-refractivity contribution is 6.05. The number of rotatable bonds is 4. The topological polar surface area (TPSA) is 120 Å². The van der Waals surface area contributed by atoms with Crippen molar-refractivity contribution in [2.24, 2.45) is 13.0 Å². The fourth-order valence-electron chi connectivity index (χ4n) is 2.99. The molecule has 0 unspecified atom stereocenters. The van der Waals surface area contributed by atoms with Gasteiger partial charge in [-0.3, -0.25) is 14.2 Å². The number of anilines is 2. The highest BCUT2D eigenvalue weighted by Crippen LogP contribution is 2.27. The second kappa shape index (κ2) is 7.52. The van der Waals surface area contributed by atoms with Gasteiger partial charge in [0.1, 0.15) is 5.56 Å². The van der Waals surface area contributed by atoms with Crippen LogP contribution in [0.4, 0.5) is 11.5 Å². The van der Waals surface area contributed by atoms with Gasteiger partial charge in [-0.15, -0.1) is 0 Å². The summed E-state index contributed by atoms with van der Waals surface area (Å²) in [6.07, 6.45) is 4.45. The largest absolute Gasteiger partial charge is 0.396 e. The third-order valence-electron chi connectivity index (χ3n) is 4.63. The van der Waals surface area contributed by atoms with Crippen molar-refractivity contribution >= 4 is 17.4 Å². The maximum Gasteiger partial charge on any atom is 0.328 e. The van der Waals surface area contributed by atoms with Crippen LogP contribution in [0.5, 0.6) is 0 Å². The molecule has 9 nitrogen and oxygen atoms in total. The van der Waals surface area contributed by atoms with Crippen LogP contribution in [-0.2, 0) is 7.05 Å². The number of carbonyl (C=O) groups excluding carboxylic acids is 1. The number of pyridine rings is 1. The number of amides is 1. The number of nitrogens with zero attached hydrogens (tertiary/aromatic N) is 3. The first-order valence-electron chi connectivity index (χ1n) is 8.42. The number of nitrogens with one attached hydrogen (secondary N) is 2. The molecule has 0 aromatic carbocycles. The second-order valence-corrected chi connectivity index (χ2v) is 6.31. The van der Waals surface area contributed by atoms with Crippen molar-refractivity contribution in [1.29, 1.82) is 0 Å². The standard InChI is InChI=1S/C17H21N5O4/c1-21-16(25)12(9-19-17(21)26)15(24)20-13-3-2-6-18-14(13)22-7-4-11(10-23)5-8-22/h2-3,6,9,11,23H,4-5,7-8,10H2,1H3,(H,19,26)(H,20,24). The lowest BCUT2D eigenvalue weighted by Crippen LogP contribution is -2.38. The molecular weight excluding hydrogens is 338 g/mol. The summed E-state index contributed by atoms with van der Waals surface area (Å²) in [5.41, 5.74) is -0.907. The van der Waals surface area contributed by atoms with Crippen molar-refractivity contribution in [3.8, 4) is 0 Å². The summed E-state index contributed by atoms with van der Waals surface area (Å²) in [6, 6.07) is 3.42. The van der Waals surface area contributed by atoms with E-state index < -0.39 is 17.2 Å². The van der Waals surface area contributed by atoms with Gasteiger partial charge >= 0.3 is 5.69 Å². The molecule has 0 radical (unpaired) electrons. The maximum atomic E-state index is 12.5. The van der Waals surface area contributed by atoms with E-state index in [4.69, 9.17) is 0 Å². The third kappa shape index (κ3) is 3.52. The Kier molecular flexibility index (Phi) is 5.17. The zero-order valence-corrected chi connectivity index (χ0v) is 14.4. The number of aliphatic hydroxyl groups is 1. The number of aliphatic hydroxyl groups excluding tert-OH is 1. The van der Waals surface area contributed by atoms with E-state index in [9.17, 15) is 19.5 Å². The van der Waals surface area contributed by atoms with E-state index in [-0.39, 0.29) is 18.1 Å². The number of aromatic amines is 1. The lowest BCUT2D eigenvalue weighted by atomic mass is 9.98. The molecule has 0 saturated carbocycles. The second-order valence-electron chi connectivity index (χ2n) is 6.31. The van der Waals surface area contributed by atoms with Gasteiger partial charge in [-0.05, 0) is 30.9 Å². The zero-order valence-electron chi connectivity index (χ0n) is 14.4. The lowest BCUT2D eigenvalue weighted by molar-refractivity contribution is 0.102. The predicted octanol–water partition coefficient (Wildman–Crippen LogP) is -0.0704. The highest BCUT2D eigenvalue weighted by Gasteiger charge is 2.22. The summed E-state index contributed by atoms with van der Waals surface area (Å²) in [5.74, 6) is 0.303. The molecule has 138 valence electrons. The molecule has 2 aromatic heterocycles. The Morgan fingerprint density at radius 3 is 2.81 bits per heavy atom. The van der Waals surface area contributed by atoms with Crippen molar-refractivity contribution in [3.05, 3.63) is 50.9 Å². The zero-order chi connectivity index (χ0) is 18.7. The molecule has 9 heteroatoms. The van der Waals surface area contributed by atoms with E-state index in [1.807, 2.05) is 4.90 Å². The Bertz CT molecular complexity index is 912. The van der Waals surface area contributed by atoms with Gasteiger partial charge in [-0.2, -0.15) is 0 Å². The third-order valence-corrected chi connectivity index (χ3v) is 4.63. The van der Waals surface area contributed by atoms with E-state index in [0.29, 0.717) is 11.5 Å². The van der Waals surface area contributed by atoms with Crippen molar-refractivity contribution in [1.82, 2.24) is 14.5 Å². The smallest absolute Gasteiger partial charge is 0.328 e. The molecule has 3 N–H and O–H groups in total. The fourth-order valence-corrected chi connectivity index (χ4v) is 2.99. The van der Waals surface area contributed by atoms with E-state index in [1.165, 1.54) is 7.05 Å². The molecule has 3 rings (SSSR count). The van der Waals surface area contributed by atoms with Crippen molar-refractivity contribution in [2.45, 2.75) is 12.8 Å². The molecule has 26 heavy (non-hydrogen) atoms. The summed E-state index contributed by atoms with van der Waals surface area (Å²) >= 11 is 0. The molecule has 1 aliphatic rings. The van der Waals surface area contributed by atoms with Gasteiger partial charge < -0.3 is 20.3 Å². The molecule has 2 aromatic rings. The average Bonchev–Trinajstić information content (AvgIpc) is 2.66. The Morgan fingerprint density at radius 2 is 2.12 bits per heavy atom. The summed E-state index contributed by atoms with van der Waals surface area (Å²) in [5, 5.41) is 12.0.